The molecule has 186 valence electrons. The minimum Gasteiger partial charge on any atom is -0.326 e. The molecule has 5 nitrogen and oxygen atoms in total. The summed E-state index contributed by atoms with van der Waals surface area (Å²) in [7, 11) is 0. The summed E-state index contributed by atoms with van der Waals surface area (Å²) in [5, 5.41) is 7.18. The van der Waals surface area contributed by atoms with Gasteiger partial charge < -0.3 is 5.32 Å². The van der Waals surface area contributed by atoms with Gasteiger partial charge in [-0.15, -0.1) is 23.2 Å². The summed E-state index contributed by atoms with van der Waals surface area (Å²) >= 11 is 31.0. The molecule has 0 saturated heterocycles. The summed E-state index contributed by atoms with van der Waals surface area (Å²) in [4.78, 5) is 25.5. The Kier molecular flexibility index (Phi) is 7.78. The molecule has 0 aromatic heterocycles. The number of nitrogens with zero attached hydrogens (tertiary/aromatic N) is 1. The topological polar surface area (TPSA) is 70.6 Å². The summed E-state index contributed by atoms with van der Waals surface area (Å²) in [6.45, 7) is 0. The lowest BCUT2D eigenvalue weighted by Gasteiger charge is -2.09. The zero-order valence-electron chi connectivity index (χ0n) is 17.8. The normalized spacial score (nSPS) is 18.2. The predicted molar refractivity (Wildman–Crippen MR) is 139 cm³/mol. The molecule has 0 spiro atoms. The summed E-state index contributed by atoms with van der Waals surface area (Å²) in [6, 6.07) is 12.0. The van der Waals surface area contributed by atoms with E-state index in [1.165, 1.54) is 24.3 Å². The molecule has 0 heterocycles. The highest BCUT2D eigenvalue weighted by atomic mass is 35.5. The molecule has 1 saturated carbocycles. The van der Waals surface area contributed by atoms with Crippen LogP contribution in [0.2, 0.25) is 15.1 Å². The zero-order valence-corrected chi connectivity index (χ0v) is 21.6. The molecule has 0 aliphatic heterocycles. The number of rotatable bonds is 6. The van der Waals surface area contributed by atoms with Crippen molar-refractivity contribution in [3.63, 3.8) is 0 Å². The van der Waals surface area contributed by atoms with Crippen LogP contribution in [-0.4, -0.2) is 22.4 Å². The lowest BCUT2D eigenvalue weighted by molar-refractivity contribution is -0.117. The summed E-state index contributed by atoms with van der Waals surface area (Å²) in [5.41, 5.74) is 3.03. The first-order valence-electron chi connectivity index (χ1n) is 10.2. The Morgan fingerprint density at radius 1 is 0.944 bits per heavy atom. The van der Waals surface area contributed by atoms with Crippen LogP contribution in [0.3, 0.4) is 0 Å². The van der Waals surface area contributed by atoms with Gasteiger partial charge in [-0.1, -0.05) is 34.8 Å². The third kappa shape index (κ3) is 5.76. The number of halogens is 7. The second-order valence-corrected chi connectivity index (χ2v) is 10.6. The van der Waals surface area contributed by atoms with Crippen LogP contribution in [0.25, 0.3) is 0 Å². The fourth-order valence-corrected chi connectivity index (χ4v) is 5.22. The van der Waals surface area contributed by atoms with E-state index >= 15 is 0 Å². The van der Waals surface area contributed by atoms with Gasteiger partial charge in [-0.25, -0.2) is 14.2 Å². The Morgan fingerprint density at radius 3 is 2.31 bits per heavy atom. The fourth-order valence-electron chi connectivity index (χ4n) is 3.65. The van der Waals surface area contributed by atoms with Crippen LogP contribution in [0.4, 0.5) is 14.5 Å². The van der Waals surface area contributed by atoms with E-state index in [-0.39, 0.29) is 21.8 Å². The van der Waals surface area contributed by atoms with Crippen LogP contribution in [0.5, 0.6) is 0 Å². The Labute approximate surface area is 229 Å². The van der Waals surface area contributed by atoms with Crippen molar-refractivity contribution >= 4 is 81.7 Å². The molecule has 2 unspecified atom stereocenters. The van der Waals surface area contributed by atoms with Gasteiger partial charge in [-0.05, 0) is 54.1 Å². The molecule has 2 atom stereocenters. The third-order valence-corrected chi connectivity index (χ3v) is 7.10. The van der Waals surface area contributed by atoms with Crippen molar-refractivity contribution < 1.29 is 18.4 Å². The van der Waals surface area contributed by atoms with Gasteiger partial charge in [0.25, 0.3) is 5.91 Å². The lowest BCUT2D eigenvalue weighted by Crippen LogP contribution is -2.20. The van der Waals surface area contributed by atoms with Crippen molar-refractivity contribution in [3.05, 3.63) is 98.0 Å². The summed E-state index contributed by atoms with van der Waals surface area (Å²) < 4.78 is 25.3. The highest BCUT2D eigenvalue weighted by Gasteiger charge is 2.67. The van der Waals surface area contributed by atoms with Crippen molar-refractivity contribution in [1.82, 2.24) is 5.43 Å². The number of alkyl halides is 2. The van der Waals surface area contributed by atoms with Crippen LogP contribution in [0.1, 0.15) is 27.4 Å². The van der Waals surface area contributed by atoms with Gasteiger partial charge >= 0.3 is 0 Å². The molecule has 1 fully saturated rings. The van der Waals surface area contributed by atoms with Crippen LogP contribution in [0.15, 0.2) is 59.7 Å². The molecule has 0 bridgehead atoms. The van der Waals surface area contributed by atoms with Crippen molar-refractivity contribution in [2.75, 3.05) is 5.32 Å². The highest BCUT2D eigenvalue weighted by molar-refractivity contribution is 6.53. The maximum atomic E-state index is 13.7. The Bertz CT molecular complexity index is 1380. The molecular weight excluding hydrogens is 578 g/mol. The van der Waals surface area contributed by atoms with E-state index < -0.39 is 39.6 Å². The average molecular weight is 592 g/mol. The second-order valence-electron chi connectivity index (χ2n) is 7.88. The van der Waals surface area contributed by atoms with Gasteiger partial charge in [0.2, 0.25) is 5.91 Å². The molecule has 12 heteroatoms. The van der Waals surface area contributed by atoms with E-state index in [1.807, 2.05) is 0 Å². The number of hydrogen-bond acceptors (Lipinski definition) is 3. The Morgan fingerprint density at radius 2 is 1.64 bits per heavy atom. The van der Waals surface area contributed by atoms with Gasteiger partial charge in [0, 0.05) is 33.3 Å². The molecular formula is C24H14Cl5F2N3O2. The van der Waals surface area contributed by atoms with Crippen molar-refractivity contribution in [1.29, 1.82) is 0 Å². The van der Waals surface area contributed by atoms with Crippen molar-refractivity contribution in [2.45, 2.75) is 10.3 Å². The summed E-state index contributed by atoms with van der Waals surface area (Å²) in [6.07, 6.45) is 1.02. The minimum absolute atomic E-state index is 0.0109. The number of hydrazone groups is 1. The first kappa shape index (κ1) is 26.6. The number of anilines is 1. The first-order valence-corrected chi connectivity index (χ1v) is 12.1. The monoisotopic (exact) mass is 589 g/mol. The molecule has 36 heavy (non-hydrogen) atoms. The van der Waals surface area contributed by atoms with Crippen LogP contribution in [0, 0.1) is 17.6 Å². The number of carbonyl (C=O) groups is 2. The molecule has 1 aliphatic rings. The molecule has 4 rings (SSSR count). The van der Waals surface area contributed by atoms with Gasteiger partial charge in [0.05, 0.1) is 22.7 Å². The molecule has 3 aromatic rings. The second kappa shape index (κ2) is 10.5. The smallest absolute Gasteiger partial charge is 0.272 e. The SMILES string of the molecule is O=C(N/N=C/c1ccc(F)cc1F)c1cc(NC(=O)C2C(c3cc(Cl)cc(Cl)c3)C2(Cl)Cl)ccc1Cl. The molecule has 2 N–H and O–H groups in total. The number of carbonyl (C=O) groups excluding carboxylic acids is 2. The van der Waals surface area contributed by atoms with E-state index in [4.69, 9.17) is 58.0 Å². The van der Waals surface area contributed by atoms with Gasteiger partial charge in [-0.3, -0.25) is 9.59 Å². The number of amides is 2. The van der Waals surface area contributed by atoms with E-state index in [0.29, 0.717) is 21.7 Å². The van der Waals surface area contributed by atoms with Gasteiger partial charge in [0.1, 0.15) is 16.0 Å². The van der Waals surface area contributed by atoms with Gasteiger partial charge in [-0.2, -0.15) is 5.10 Å². The summed E-state index contributed by atoms with van der Waals surface area (Å²) in [5.74, 6) is -4.15. The Balaban J connectivity index is 1.46. The maximum absolute atomic E-state index is 13.7. The standard InChI is InChI=1S/C24H14Cl5F2N3O2/c25-13-5-12(6-14(26)7-13)20-21(24(20,28)29)23(36)33-16-3-4-18(27)17(9-16)22(35)34-32-10-11-1-2-15(30)8-19(11)31/h1-10,20-21H,(H,33,36)(H,34,35)/b32-10+. The fraction of sp³-hybridized carbons (Fsp3) is 0.125. The molecule has 2 amide bonds. The number of benzene rings is 3. The third-order valence-electron chi connectivity index (χ3n) is 5.39. The van der Waals surface area contributed by atoms with E-state index in [9.17, 15) is 18.4 Å². The van der Waals surface area contributed by atoms with E-state index in [1.54, 1.807) is 18.2 Å². The number of hydrogen-bond donors (Lipinski definition) is 2. The average Bonchev–Trinajstić information content (AvgIpc) is 3.38. The quantitative estimate of drug-likeness (QED) is 0.181. The zero-order chi connectivity index (χ0) is 26.2. The van der Waals surface area contributed by atoms with Crippen LogP contribution >= 0.6 is 58.0 Å². The Hall–Kier alpha value is -2.42. The minimum atomic E-state index is -1.38. The van der Waals surface area contributed by atoms with Crippen LogP contribution in [-0.2, 0) is 4.79 Å². The predicted octanol–water partition coefficient (Wildman–Crippen LogP) is 7.21. The highest BCUT2D eigenvalue weighted by Crippen LogP contribution is 2.65. The van der Waals surface area contributed by atoms with Crippen molar-refractivity contribution in [2.24, 2.45) is 11.0 Å². The molecule has 1 aliphatic carbocycles. The number of nitrogens with one attached hydrogen (secondary N) is 2. The van der Waals surface area contributed by atoms with Crippen LogP contribution < -0.4 is 10.7 Å². The largest absolute Gasteiger partial charge is 0.326 e. The molecule has 3 aromatic carbocycles. The molecule has 0 radical (unpaired) electrons. The lowest BCUT2D eigenvalue weighted by atomic mass is 10.1. The van der Waals surface area contributed by atoms with E-state index in [2.05, 4.69) is 15.8 Å². The van der Waals surface area contributed by atoms with Gasteiger partial charge in [0.15, 0.2) is 0 Å². The van der Waals surface area contributed by atoms with E-state index in [0.717, 1.165) is 12.3 Å². The first-order chi connectivity index (χ1) is 17.0. The maximum Gasteiger partial charge on any atom is 0.272 e. The van der Waals surface area contributed by atoms with Crippen molar-refractivity contribution in [3.8, 4) is 0 Å².